The van der Waals surface area contributed by atoms with E-state index in [1.54, 1.807) is 18.2 Å². The summed E-state index contributed by atoms with van der Waals surface area (Å²) in [5.74, 6) is 0. The van der Waals surface area contributed by atoms with Crippen molar-refractivity contribution in [3.63, 3.8) is 0 Å². The van der Waals surface area contributed by atoms with Crippen LogP contribution in [0, 0.1) is 0 Å². The minimum Gasteiger partial charge on any atom is -0.379 e. The number of hydrogen-bond acceptors (Lipinski definition) is 5. The van der Waals surface area contributed by atoms with Crippen molar-refractivity contribution in [2.45, 2.75) is 4.90 Å². The quantitative estimate of drug-likeness (QED) is 0.865. The average molecular weight is 256 g/mol. The molecule has 1 aromatic rings. The molecular weight excluding hydrogens is 240 g/mol. The summed E-state index contributed by atoms with van der Waals surface area (Å²) in [6, 6.07) is 6.92. The summed E-state index contributed by atoms with van der Waals surface area (Å²) in [5.41, 5.74) is 3.75. The number of anilines is 1. The molecule has 0 bridgehead atoms. The van der Waals surface area contributed by atoms with Gasteiger partial charge in [0.1, 0.15) is 0 Å². The maximum absolute atomic E-state index is 11.6. The molecule has 0 spiro atoms. The van der Waals surface area contributed by atoms with Crippen molar-refractivity contribution in [1.82, 2.24) is 5.01 Å². The normalized spacial score (nSPS) is 17.9. The summed E-state index contributed by atoms with van der Waals surface area (Å²) < 4.78 is 28.5. The fourth-order valence-corrected chi connectivity index (χ4v) is 2.57. The van der Waals surface area contributed by atoms with Crippen molar-refractivity contribution >= 4 is 15.5 Å². The second-order valence-corrected chi connectivity index (χ2v) is 5.96. The minimum absolute atomic E-state index is 0.325. The highest BCUT2D eigenvalue weighted by atomic mass is 32.2. The van der Waals surface area contributed by atoms with E-state index in [1.807, 2.05) is 11.1 Å². The summed E-state index contributed by atoms with van der Waals surface area (Å²) in [6.07, 6.45) is 1.22. The Kier molecular flexibility index (Phi) is 3.66. The largest absolute Gasteiger partial charge is 0.379 e. The zero-order valence-corrected chi connectivity index (χ0v) is 10.5. The molecule has 1 aromatic carbocycles. The molecule has 6 heteroatoms. The molecule has 1 aliphatic rings. The van der Waals surface area contributed by atoms with Gasteiger partial charge in [-0.05, 0) is 12.1 Å². The molecule has 1 aliphatic heterocycles. The standard InChI is InChI=1S/C11H16N2O3S/c1-17(14,15)11-5-3-2-4-10(11)12-13-6-8-16-9-7-13/h2-5,12H,6-9H2,1H3. The molecule has 0 atom stereocenters. The predicted octanol–water partition coefficient (Wildman–Crippen LogP) is 0.749. The summed E-state index contributed by atoms with van der Waals surface area (Å²) in [6.45, 7) is 2.82. The van der Waals surface area contributed by atoms with E-state index >= 15 is 0 Å². The van der Waals surface area contributed by atoms with Crippen molar-refractivity contribution in [2.24, 2.45) is 0 Å². The Labute approximate surface area is 101 Å². The smallest absolute Gasteiger partial charge is 0.177 e. The number of hydrogen-bond donors (Lipinski definition) is 1. The van der Waals surface area contributed by atoms with Crippen molar-refractivity contribution in [3.05, 3.63) is 24.3 Å². The number of para-hydroxylation sites is 1. The first-order valence-corrected chi connectivity index (χ1v) is 7.35. The van der Waals surface area contributed by atoms with Gasteiger partial charge >= 0.3 is 0 Å². The number of nitrogens with one attached hydrogen (secondary N) is 1. The summed E-state index contributed by atoms with van der Waals surface area (Å²) in [7, 11) is -3.20. The molecule has 94 valence electrons. The monoisotopic (exact) mass is 256 g/mol. The molecule has 1 N–H and O–H groups in total. The lowest BCUT2D eigenvalue weighted by Gasteiger charge is -2.28. The number of ether oxygens (including phenoxy) is 1. The van der Waals surface area contributed by atoms with Crippen LogP contribution in [0.2, 0.25) is 0 Å². The zero-order valence-electron chi connectivity index (χ0n) is 9.72. The molecule has 0 radical (unpaired) electrons. The van der Waals surface area contributed by atoms with E-state index in [4.69, 9.17) is 4.74 Å². The van der Waals surface area contributed by atoms with Gasteiger partial charge in [-0.3, -0.25) is 0 Å². The van der Waals surface area contributed by atoms with Gasteiger partial charge < -0.3 is 10.2 Å². The summed E-state index contributed by atoms with van der Waals surface area (Å²) >= 11 is 0. The van der Waals surface area contributed by atoms with Crippen LogP contribution in [0.3, 0.4) is 0 Å². The number of hydrazine groups is 1. The second-order valence-electron chi connectivity index (χ2n) is 3.98. The van der Waals surface area contributed by atoms with Crippen molar-refractivity contribution in [2.75, 3.05) is 38.0 Å². The lowest BCUT2D eigenvalue weighted by Crippen LogP contribution is -2.40. The minimum atomic E-state index is -3.20. The first-order valence-electron chi connectivity index (χ1n) is 5.46. The highest BCUT2D eigenvalue weighted by molar-refractivity contribution is 7.90. The van der Waals surface area contributed by atoms with Crippen LogP contribution in [0.1, 0.15) is 0 Å². The van der Waals surface area contributed by atoms with E-state index in [0.29, 0.717) is 23.8 Å². The Hall–Kier alpha value is -1.11. The third-order valence-corrected chi connectivity index (χ3v) is 3.73. The molecule has 0 saturated carbocycles. The number of rotatable bonds is 3. The predicted molar refractivity (Wildman–Crippen MR) is 65.6 cm³/mol. The van der Waals surface area contributed by atoms with Crippen molar-refractivity contribution in [3.8, 4) is 0 Å². The Balaban J connectivity index is 2.20. The molecule has 0 aliphatic carbocycles. The van der Waals surface area contributed by atoms with Crippen LogP contribution >= 0.6 is 0 Å². The van der Waals surface area contributed by atoms with Gasteiger partial charge in [-0.1, -0.05) is 12.1 Å². The van der Waals surface area contributed by atoms with Crippen LogP contribution in [0.4, 0.5) is 5.69 Å². The van der Waals surface area contributed by atoms with Gasteiger partial charge in [-0.25, -0.2) is 13.4 Å². The topological polar surface area (TPSA) is 58.6 Å². The lowest BCUT2D eigenvalue weighted by atomic mass is 10.3. The molecule has 1 fully saturated rings. The van der Waals surface area contributed by atoms with E-state index < -0.39 is 9.84 Å². The Morgan fingerprint density at radius 1 is 1.24 bits per heavy atom. The molecular formula is C11H16N2O3S. The van der Waals surface area contributed by atoms with Crippen LogP contribution in [0.5, 0.6) is 0 Å². The fraction of sp³-hybridized carbons (Fsp3) is 0.455. The van der Waals surface area contributed by atoms with E-state index in [-0.39, 0.29) is 0 Å². The zero-order chi connectivity index (χ0) is 12.3. The van der Waals surface area contributed by atoms with Crippen molar-refractivity contribution < 1.29 is 13.2 Å². The highest BCUT2D eigenvalue weighted by Gasteiger charge is 2.16. The van der Waals surface area contributed by atoms with Crippen LogP contribution < -0.4 is 5.43 Å². The molecule has 17 heavy (non-hydrogen) atoms. The third kappa shape index (κ3) is 3.18. The number of nitrogens with zero attached hydrogens (tertiary/aromatic N) is 1. The van der Waals surface area contributed by atoms with Gasteiger partial charge in [-0.2, -0.15) is 0 Å². The summed E-state index contributed by atoms with van der Waals surface area (Å²) in [5, 5.41) is 1.97. The first-order chi connectivity index (χ1) is 8.07. The van der Waals surface area contributed by atoms with Crippen LogP contribution in [-0.4, -0.2) is 46.0 Å². The second kappa shape index (κ2) is 5.03. The van der Waals surface area contributed by atoms with Gasteiger partial charge in [0.2, 0.25) is 0 Å². The summed E-state index contributed by atoms with van der Waals surface area (Å²) in [4.78, 5) is 0.325. The first kappa shape index (κ1) is 12.3. The van der Waals surface area contributed by atoms with Gasteiger partial charge in [0.25, 0.3) is 0 Å². The molecule has 1 heterocycles. The van der Waals surface area contributed by atoms with Crippen molar-refractivity contribution in [1.29, 1.82) is 0 Å². The number of morpholine rings is 1. The van der Waals surface area contributed by atoms with E-state index in [1.165, 1.54) is 6.26 Å². The van der Waals surface area contributed by atoms with Gasteiger partial charge in [0.15, 0.2) is 9.84 Å². The van der Waals surface area contributed by atoms with E-state index in [9.17, 15) is 8.42 Å². The van der Waals surface area contributed by atoms with E-state index in [0.717, 1.165) is 13.1 Å². The molecule has 1 saturated heterocycles. The van der Waals surface area contributed by atoms with Crippen LogP contribution in [0.25, 0.3) is 0 Å². The van der Waals surface area contributed by atoms with E-state index in [2.05, 4.69) is 5.43 Å². The van der Waals surface area contributed by atoms with Crippen LogP contribution in [0.15, 0.2) is 29.2 Å². The van der Waals surface area contributed by atoms with Gasteiger partial charge in [-0.15, -0.1) is 0 Å². The average Bonchev–Trinajstić information content (AvgIpc) is 2.30. The van der Waals surface area contributed by atoms with Crippen LogP contribution in [-0.2, 0) is 14.6 Å². The maximum Gasteiger partial charge on any atom is 0.177 e. The molecule has 2 rings (SSSR count). The molecule has 0 aromatic heterocycles. The number of sulfone groups is 1. The Morgan fingerprint density at radius 2 is 1.88 bits per heavy atom. The molecule has 0 amide bonds. The highest BCUT2D eigenvalue weighted by Crippen LogP contribution is 2.21. The lowest BCUT2D eigenvalue weighted by molar-refractivity contribution is 0.0495. The molecule has 5 nitrogen and oxygen atoms in total. The maximum atomic E-state index is 11.6. The SMILES string of the molecule is CS(=O)(=O)c1ccccc1NN1CCOCC1. The molecule has 0 unspecified atom stereocenters. The fourth-order valence-electron chi connectivity index (χ4n) is 1.73. The van der Waals surface area contributed by atoms with Gasteiger partial charge in [0.05, 0.1) is 23.8 Å². The van der Waals surface area contributed by atoms with Gasteiger partial charge in [0, 0.05) is 19.3 Å². The third-order valence-electron chi connectivity index (χ3n) is 2.58. The Morgan fingerprint density at radius 3 is 2.53 bits per heavy atom. The Bertz CT molecular complexity index is 481. The number of benzene rings is 1.